The highest BCUT2D eigenvalue weighted by Crippen LogP contribution is 2.48. The van der Waals surface area contributed by atoms with Gasteiger partial charge in [-0.25, -0.2) is 9.59 Å². The Balaban J connectivity index is 1.04. The van der Waals surface area contributed by atoms with Crippen molar-refractivity contribution >= 4 is 93.8 Å². The second kappa shape index (κ2) is 29.2. The maximum absolute atomic E-state index is 14.6. The summed E-state index contributed by atoms with van der Waals surface area (Å²) in [5.74, 6) is 11.8. The smallest absolute Gasteiger partial charge is 0.410 e. The van der Waals surface area contributed by atoms with Gasteiger partial charge in [0.15, 0.2) is 0 Å². The van der Waals surface area contributed by atoms with Crippen molar-refractivity contribution in [2.45, 2.75) is 179 Å². The predicted octanol–water partition coefficient (Wildman–Crippen LogP) is 8.00. The van der Waals surface area contributed by atoms with Gasteiger partial charge in [0.25, 0.3) is 0 Å². The maximum atomic E-state index is 14.6. The van der Waals surface area contributed by atoms with Crippen LogP contribution < -0.4 is 21.3 Å². The zero-order valence-corrected chi connectivity index (χ0v) is 54.4. The summed E-state index contributed by atoms with van der Waals surface area (Å²) in [7, 11) is 3.22. The van der Waals surface area contributed by atoms with Gasteiger partial charge in [0.05, 0.1) is 58.1 Å². The first-order valence-corrected chi connectivity index (χ1v) is 31.5. The average molecular weight is 1230 g/mol. The van der Waals surface area contributed by atoms with Crippen LogP contribution in [0.25, 0.3) is 0 Å². The number of carbonyl (C=O) groups is 6. The average Bonchev–Trinajstić information content (AvgIpc) is 1.78. The molecule has 4 fully saturated rings. The minimum absolute atomic E-state index is 0.0222. The first-order chi connectivity index (χ1) is 39.4. The Morgan fingerprint density at radius 3 is 1.31 bits per heavy atom. The number of ether oxygens (including phenoxy) is 4. The molecule has 2 aromatic rings. The molecule has 4 N–H and O–H groups in total. The summed E-state index contributed by atoms with van der Waals surface area (Å²) in [6.45, 7) is 22.6. The number of thiocarbonyl (C=S) groups is 2. The molecular weight excluding hydrogens is 1140 g/mol. The third-order valence-electron chi connectivity index (χ3n) is 15.2. The first kappa shape index (κ1) is 67.5. The van der Waals surface area contributed by atoms with Crippen LogP contribution >= 0.6 is 48.0 Å². The van der Waals surface area contributed by atoms with Gasteiger partial charge in [0.1, 0.15) is 48.6 Å². The van der Waals surface area contributed by atoms with Crippen LogP contribution in [0.15, 0.2) is 60.7 Å². The van der Waals surface area contributed by atoms with Gasteiger partial charge in [-0.1, -0.05) is 125 Å². The van der Waals surface area contributed by atoms with Crippen LogP contribution in [0.1, 0.15) is 132 Å². The van der Waals surface area contributed by atoms with Crippen molar-refractivity contribution in [2.24, 2.45) is 10.8 Å². The van der Waals surface area contributed by atoms with Crippen LogP contribution in [-0.2, 0) is 38.1 Å². The summed E-state index contributed by atoms with van der Waals surface area (Å²) in [6, 6.07) is 13.8. The molecule has 4 aliphatic rings. The molecule has 10 atom stereocenters. The quantitative estimate of drug-likeness (QED) is 0.0635. The summed E-state index contributed by atoms with van der Waals surface area (Å²) in [5, 5.41) is 12.5. The van der Waals surface area contributed by atoms with Crippen molar-refractivity contribution < 1.29 is 47.7 Å². The van der Waals surface area contributed by atoms with Gasteiger partial charge in [0.2, 0.25) is 23.6 Å². The Morgan fingerprint density at radius 2 is 0.976 bits per heavy atom. The molecule has 18 nitrogen and oxygen atoms in total. The largest absolute Gasteiger partial charge is 0.444 e. The van der Waals surface area contributed by atoms with Crippen molar-refractivity contribution in [1.82, 2.24) is 40.9 Å². The topological polar surface area (TPSA) is 200 Å². The molecule has 4 saturated heterocycles. The molecule has 0 unspecified atom stereocenters. The third kappa shape index (κ3) is 18.0. The van der Waals surface area contributed by atoms with Crippen LogP contribution in [0.3, 0.4) is 0 Å². The number of hydrogen-bond acceptors (Lipinski definition) is 14. The highest BCUT2D eigenvalue weighted by molar-refractivity contribution is 8.00. The van der Waals surface area contributed by atoms with Crippen LogP contribution in [0.4, 0.5) is 9.59 Å². The van der Waals surface area contributed by atoms with E-state index in [0.29, 0.717) is 47.2 Å². The molecule has 2 aromatic carbocycles. The number of rotatable bonds is 18. The molecule has 0 bridgehead atoms. The predicted molar refractivity (Wildman–Crippen MR) is 338 cm³/mol. The lowest BCUT2D eigenvalue weighted by molar-refractivity contribution is -0.142. The van der Waals surface area contributed by atoms with Crippen molar-refractivity contribution in [2.75, 3.05) is 52.0 Å². The van der Waals surface area contributed by atoms with E-state index in [2.05, 4.69) is 44.9 Å². The van der Waals surface area contributed by atoms with E-state index in [9.17, 15) is 28.8 Å². The SMILES string of the molecule is C[C@@H](C(=S)N[C@H]1CCS[C@H]2CC(C)(C)[C@@H](C(=O)N[C@H](COCC#CC#CCOC[C@@H](NC(=O)[C@H]3N4C(=O)[C@@H](NC(=S)[C@H](C)N(C)C(=O)OC(C)(C)C)CCS[C@H]4CC3(C)C)c3ccccc3)c3ccccc3)N2C1=O)N(C)C(=O)OC(C)(C)C. The normalized spacial score (nSPS) is 23.1. The third-order valence-corrected chi connectivity index (χ3v) is 18.6. The number of likely N-dealkylation sites (N-methyl/N-ethyl adjacent to an activating group) is 2. The molecule has 0 aromatic heterocycles. The van der Waals surface area contributed by atoms with E-state index in [1.54, 1.807) is 103 Å². The maximum Gasteiger partial charge on any atom is 0.410 e. The molecule has 0 radical (unpaired) electrons. The van der Waals surface area contributed by atoms with Crippen molar-refractivity contribution in [3.8, 4) is 23.7 Å². The Hall–Kier alpha value is -5.62. The van der Waals surface area contributed by atoms with Crippen LogP contribution in [0.2, 0.25) is 0 Å². The lowest BCUT2D eigenvalue weighted by atomic mass is 9.83. The number of fused-ring (bicyclic) bond motifs is 2. The molecule has 0 saturated carbocycles. The van der Waals surface area contributed by atoms with Crippen LogP contribution in [0.5, 0.6) is 0 Å². The molecule has 4 heterocycles. The van der Waals surface area contributed by atoms with Crippen molar-refractivity contribution in [1.29, 1.82) is 0 Å². The second-order valence-corrected chi connectivity index (χ2v) is 28.6. The number of nitrogens with zero attached hydrogens (tertiary/aromatic N) is 4. The lowest BCUT2D eigenvalue weighted by Gasteiger charge is -2.36. The molecule has 6 rings (SSSR count). The molecule has 6 amide bonds. The van der Waals surface area contributed by atoms with Gasteiger partial charge in [-0.15, -0.1) is 23.5 Å². The van der Waals surface area contributed by atoms with Crippen LogP contribution in [-0.4, -0.2) is 176 Å². The van der Waals surface area contributed by atoms with E-state index >= 15 is 0 Å². The lowest BCUT2D eigenvalue weighted by Crippen LogP contribution is -2.58. The molecule has 4 aliphatic heterocycles. The van der Waals surface area contributed by atoms with E-state index in [1.807, 2.05) is 88.4 Å². The fraction of sp³-hybridized carbons (Fsp3) is 0.613. The highest BCUT2D eigenvalue weighted by atomic mass is 32.2. The number of nitrogens with one attached hydrogen (secondary N) is 4. The summed E-state index contributed by atoms with van der Waals surface area (Å²) in [4.78, 5) is 90.9. The Morgan fingerprint density at radius 1 is 0.631 bits per heavy atom. The summed E-state index contributed by atoms with van der Waals surface area (Å²) in [6.07, 6.45) is 1.15. The second-order valence-electron chi connectivity index (χ2n) is 25.1. The van der Waals surface area contributed by atoms with E-state index in [4.69, 9.17) is 43.4 Å². The van der Waals surface area contributed by atoms with E-state index < -0.39 is 82.6 Å². The van der Waals surface area contributed by atoms with Gasteiger partial charge < -0.3 is 59.8 Å². The van der Waals surface area contributed by atoms with E-state index in [-0.39, 0.29) is 60.8 Å². The highest BCUT2D eigenvalue weighted by Gasteiger charge is 2.56. The number of carbonyl (C=O) groups excluding carboxylic acids is 6. The Labute approximate surface area is 516 Å². The number of thioether (sulfide) groups is 2. The van der Waals surface area contributed by atoms with Gasteiger partial charge in [0, 0.05) is 14.1 Å². The summed E-state index contributed by atoms with van der Waals surface area (Å²) < 4.78 is 23.2. The molecular formula is C62H86N8O10S4. The zero-order valence-electron chi connectivity index (χ0n) is 51.1. The minimum atomic E-state index is -0.792. The van der Waals surface area contributed by atoms with Gasteiger partial charge in [-0.2, -0.15) is 0 Å². The Kier molecular flexibility index (Phi) is 23.5. The minimum Gasteiger partial charge on any atom is -0.444 e. The summed E-state index contributed by atoms with van der Waals surface area (Å²) >= 11 is 14.8. The molecule has 458 valence electrons. The Bertz CT molecular complexity index is 2640. The molecule has 0 spiro atoms. The fourth-order valence-corrected chi connectivity index (χ4v) is 14.3. The summed E-state index contributed by atoms with van der Waals surface area (Å²) in [5.41, 5.74) is -0.866. The number of amides is 6. The van der Waals surface area contributed by atoms with Crippen LogP contribution in [0, 0.1) is 34.5 Å². The van der Waals surface area contributed by atoms with Gasteiger partial charge in [-0.05, 0) is 126 Å². The molecule has 22 heteroatoms. The zero-order chi connectivity index (χ0) is 61.9. The fourth-order valence-electron chi connectivity index (χ4n) is 10.6. The number of benzene rings is 2. The van der Waals surface area contributed by atoms with Crippen molar-refractivity contribution in [3.05, 3.63) is 71.8 Å². The molecule has 0 aliphatic carbocycles. The van der Waals surface area contributed by atoms with E-state index in [0.717, 1.165) is 11.1 Å². The number of hydrogen-bond donors (Lipinski definition) is 4. The van der Waals surface area contributed by atoms with Gasteiger partial charge in [-0.3, -0.25) is 19.2 Å². The molecule has 84 heavy (non-hydrogen) atoms. The van der Waals surface area contributed by atoms with Gasteiger partial charge >= 0.3 is 12.2 Å². The van der Waals surface area contributed by atoms with Crippen molar-refractivity contribution in [3.63, 3.8) is 0 Å². The van der Waals surface area contributed by atoms with E-state index in [1.165, 1.54) is 9.80 Å². The standard InChI is InChI=1S/C62H86N8O10S4/c1-39(67(13)57(75)79-59(3,4)5)53(81)65-43-29-33-83-47-35-61(9,10)49(69(47)55(43)73)51(71)63-45(41-25-19-17-20-26-41)37-77-31-23-15-16-24-32-78-38-46(42-27-21-18-22-28-42)64-52(72)50-62(11,12)36-48-70(50)56(74)44(30-34-84-48)66-54(82)40(2)68(14)58(76)80-60(6,7)8/h17-22,25-28,39-40,43-50H,29-38H2,1-14H3,(H,63,71)(H,64,72)(H,65,81)(H,66,82)/t39-,40-,43-,44-,45+,46+,47-,48-,49+,50+/m0/s1. The monoisotopic (exact) mass is 1230 g/mol. The first-order valence-electron chi connectivity index (χ1n) is 28.6.